The zero-order chi connectivity index (χ0) is 15.5. The number of sulfonamides is 1. The van der Waals surface area contributed by atoms with Gasteiger partial charge < -0.3 is 10.2 Å². The highest BCUT2D eigenvalue weighted by Gasteiger charge is 2.28. The summed E-state index contributed by atoms with van der Waals surface area (Å²) in [6, 6.07) is 0. The van der Waals surface area contributed by atoms with E-state index in [0.29, 0.717) is 37.2 Å². The van der Waals surface area contributed by atoms with E-state index in [1.165, 1.54) is 6.42 Å². The van der Waals surface area contributed by atoms with Gasteiger partial charge >= 0.3 is 0 Å². The van der Waals surface area contributed by atoms with Crippen LogP contribution in [0.4, 0.5) is 0 Å². The molecule has 0 aromatic carbocycles. The van der Waals surface area contributed by atoms with Gasteiger partial charge in [0, 0.05) is 39.8 Å². The standard InChI is InChI=1S/C14H28N4O2S/c1-12-9-13(2)11-17(10-12)14(15-3)16-5-7-18-6-4-8-21(18,19)20/h12-13H,4-11H2,1-3H3,(H,15,16). The Morgan fingerprint density at radius 1 is 1.29 bits per heavy atom. The summed E-state index contributed by atoms with van der Waals surface area (Å²) in [6.07, 6.45) is 2.01. The van der Waals surface area contributed by atoms with Crippen molar-refractivity contribution in [3.05, 3.63) is 0 Å². The van der Waals surface area contributed by atoms with Gasteiger partial charge in [-0.2, -0.15) is 0 Å². The van der Waals surface area contributed by atoms with E-state index in [0.717, 1.165) is 25.5 Å². The molecule has 2 atom stereocenters. The molecule has 0 aliphatic carbocycles. The minimum absolute atomic E-state index is 0.295. The molecule has 2 heterocycles. The van der Waals surface area contributed by atoms with E-state index < -0.39 is 10.0 Å². The third-order valence-electron chi connectivity index (χ3n) is 4.23. The van der Waals surface area contributed by atoms with Crippen LogP contribution < -0.4 is 5.32 Å². The van der Waals surface area contributed by atoms with Crippen LogP contribution in [0.2, 0.25) is 0 Å². The fraction of sp³-hybridized carbons (Fsp3) is 0.929. The number of likely N-dealkylation sites (tertiary alicyclic amines) is 1. The molecule has 0 saturated carbocycles. The molecule has 2 fully saturated rings. The van der Waals surface area contributed by atoms with Gasteiger partial charge in [0.25, 0.3) is 0 Å². The molecule has 2 aliphatic rings. The average Bonchev–Trinajstić information content (AvgIpc) is 2.72. The second-order valence-electron chi connectivity index (χ2n) is 6.39. The van der Waals surface area contributed by atoms with Crippen LogP contribution in [0.15, 0.2) is 4.99 Å². The Labute approximate surface area is 128 Å². The van der Waals surface area contributed by atoms with Crippen molar-refractivity contribution in [1.29, 1.82) is 0 Å². The molecule has 0 aromatic rings. The summed E-state index contributed by atoms with van der Waals surface area (Å²) in [5.41, 5.74) is 0. The number of nitrogens with one attached hydrogen (secondary N) is 1. The van der Waals surface area contributed by atoms with Gasteiger partial charge in [0.1, 0.15) is 0 Å². The molecular weight excluding hydrogens is 288 g/mol. The van der Waals surface area contributed by atoms with Crippen molar-refractivity contribution in [2.24, 2.45) is 16.8 Å². The lowest BCUT2D eigenvalue weighted by atomic mass is 9.92. The quantitative estimate of drug-likeness (QED) is 0.611. The molecule has 1 N–H and O–H groups in total. The predicted octanol–water partition coefficient (Wildman–Crippen LogP) is 0.575. The van der Waals surface area contributed by atoms with Gasteiger partial charge in [0.2, 0.25) is 10.0 Å². The van der Waals surface area contributed by atoms with Crippen molar-refractivity contribution in [2.75, 3.05) is 45.5 Å². The smallest absolute Gasteiger partial charge is 0.214 e. The highest BCUT2D eigenvalue weighted by Crippen LogP contribution is 2.20. The van der Waals surface area contributed by atoms with E-state index in [4.69, 9.17) is 0 Å². The summed E-state index contributed by atoms with van der Waals surface area (Å²) in [4.78, 5) is 6.63. The maximum absolute atomic E-state index is 11.8. The molecule has 2 saturated heterocycles. The lowest BCUT2D eigenvalue weighted by Crippen LogP contribution is -2.49. The first-order valence-electron chi connectivity index (χ1n) is 7.86. The first kappa shape index (κ1) is 16.5. The van der Waals surface area contributed by atoms with Crippen LogP contribution in [0.25, 0.3) is 0 Å². The third-order valence-corrected chi connectivity index (χ3v) is 6.18. The molecule has 2 unspecified atom stereocenters. The Morgan fingerprint density at radius 2 is 1.95 bits per heavy atom. The molecule has 0 amide bonds. The van der Waals surface area contributed by atoms with Gasteiger partial charge in [-0.15, -0.1) is 0 Å². The lowest BCUT2D eigenvalue weighted by Gasteiger charge is -2.37. The van der Waals surface area contributed by atoms with E-state index in [9.17, 15) is 8.42 Å². The fourth-order valence-corrected chi connectivity index (χ4v) is 4.93. The average molecular weight is 316 g/mol. The van der Waals surface area contributed by atoms with Crippen LogP contribution in [0.1, 0.15) is 26.7 Å². The zero-order valence-electron chi connectivity index (χ0n) is 13.4. The number of rotatable bonds is 3. The van der Waals surface area contributed by atoms with Crippen molar-refractivity contribution in [3.63, 3.8) is 0 Å². The number of guanidine groups is 1. The summed E-state index contributed by atoms with van der Waals surface area (Å²) in [5, 5.41) is 3.31. The zero-order valence-corrected chi connectivity index (χ0v) is 14.2. The Kier molecular flexibility index (Phi) is 5.48. The summed E-state index contributed by atoms with van der Waals surface area (Å²) < 4.78 is 25.1. The molecule has 0 spiro atoms. The monoisotopic (exact) mass is 316 g/mol. The molecule has 2 aliphatic heterocycles. The van der Waals surface area contributed by atoms with Crippen molar-refractivity contribution >= 4 is 16.0 Å². The minimum Gasteiger partial charge on any atom is -0.355 e. The predicted molar refractivity (Wildman–Crippen MR) is 85.9 cm³/mol. The van der Waals surface area contributed by atoms with Gasteiger partial charge in [-0.25, -0.2) is 12.7 Å². The Bertz CT molecular complexity index is 467. The molecule has 7 heteroatoms. The Balaban J connectivity index is 1.83. The SMILES string of the molecule is CN=C(NCCN1CCCS1(=O)=O)N1CC(C)CC(C)C1. The number of aliphatic imine (C=N–C) groups is 1. The normalized spacial score (nSPS) is 30.6. The van der Waals surface area contributed by atoms with Crippen molar-refractivity contribution in [1.82, 2.24) is 14.5 Å². The lowest BCUT2D eigenvalue weighted by molar-refractivity contribution is 0.208. The van der Waals surface area contributed by atoms with Crippen molar-refractivity contribution < 1.29 is 8.42 Å². The minimum atomic E-state index is -2.99. The van der Waals surface area contributed by atoms with Gasteiger partial charge in [-0.1, -0.05) is 13.8 Å². The molecule has 2 rings (SSSR count). The molecule has 0 radical (unpaired) electrons. The van der Waals surface area contributed by atoms with E-state index in [1.54, 1.807) is 11.4 Å². The van der Waals surface area contributed by atoms with Crippen LogP contribution in [0.5, 0.6) is 0 Å². The summed E-state index contributed by atoms with van der Waals surface area (Å²) in [7, 11) is -1.20. The highest BCUT2D eigenvalue weighted by molar-refractivity contribution is 7.89. The van der Waals surface area contributed by atoms with E-state index in [2.05, 4.69) is 29.1 Å². The fourth-order valence-electron chi connectivity index (χ4n) is 3.40. The molecule has 0 bridgehead atoms. The first-order valence-corrected chi connectivity index (χ1v) is 9.46. The van der Waals surface area contributed by atoms with E-state index in [-0.39, 0.29) is 0 Å². The largest absolute Gasteiger partial charge is 0.355 e. The second kappa shape index (κ2) is 6.96. The topological polar surface area (TPSA) is 65.0 Å². The van der Waals surface area contributed by atoms with Crippen molar-refractivity contribution in [2.45, 2.75) is 26.7 Å². The summed E-state index contributed by atoms with van der Waals surface area (Å²) >= 11 is 0. The van der Waals surface area contributed by atoms with Gasteiger partial charge in [-0.05, 0) is 24.7 Å². The molecule has 21 heavy (non-hydrogen) atoms. The van der Waals surface area contributed by atoms with E-state index in [1.807, 2.05) is 0 Å². The summed E-state index contributed by atoms with van der Waals surface area (Å²) in [5.74, 6) is 2.53. The Morgan fingerprint density at radius 3 is 2.48 bits per heavy atom. The summed E-state index contributed by atoms with van der Waals surface area (Å²) in [6.45, 7) is 8.38. The highest BCUT2D eigenvalue weighted by atomic mass is 32.2. The number of hydrogen-bond acceptors (Lipinski definition) is 3. The van der Waals surface area contributed by atoms with E-state index >= 15 is 0 Å². The second-order valence-corrected chi connectivity index (χ2v) is 8.48. The first-order chi connectivity index (χ1) is 9.92. The molecule has 0 aromatic heterocycles. The van der Waals surface area contributed by atoms with Gasteiger partial charge in [0.05, 0.1) is 5.75 Å². The maximum atomic E-state index is 11.8. The van der Waals surface area contributed by atoms with Crippen LogP contribution >= 0.6 is 0 Å². The van der Waals surface area contributed by atoms with Crippen molar-refractivity contribution in [3.8, 4) is 0 Å². The van der Waals surface area contributed by atoms with Crippen LogP contribution in [-0.2, 0) is 10.0 Å². The van der Waals surface area contributed by atoms with Gasteiger partial charge in [-0.3, -0.25) is 4.99 Å². The number of hydrogen-bond donors (Lipinski definition) is 1. The molecular formula is C14H28N4O2S. The molecule has 6 nitrogen and oxygen atoms in total. The Hall–Kier alpha value is -0.820. The maximum Gasteiger partial charge on any atom is 0.214 e. The molecule has 122 valence electrons. The third kappa shape index (κ3) is 4.32. The van der Waals surface area contributed by atoms with Crippen LogP contribution in [0, 0.1) is 11.8 Å². The van der Waals surface area contributed by atoms with Crippen LogP contribution in [0.3, 0.4) is 0 Å². The number of piperidine rings is 1. The van der Waals surface area contributed by atoms with Gasteiger partial charge in [0.15, 0.2) is 5.96 Å². The number of nitrogens with zero attached hydrogens (tertiary/aromatic N) is 3. The van der Waals surface area contributed by atoms with Crippen LogP contribution in [-0.4, -0.2) is 69.1 Å².